The summed E-state index contributed by atoms with van der Waals surface area (Å²) in [6, 6.07) is 2.58. The topological polar surface area (TPSA) is 30.3 Å². The zero-order valence-corrected chi connectivity index (χ0v) is 12.7. The normalized spacial score (nSPS) is 48.4. The van der Waals surface area contributed by atoms with E-state index in [1.807, 2.05) is 0 Å². The molecule has 110 valence electrons. The van der Waals surface area contributed by atoms with E-state index >= 15 is 0 Å². The van der Waals surface area contributed by atoms with Gasteiger partial charge in [-0.1, -0.05) is 0 Å². The van der Waals surface area contributed by atoms with Crippen molar-refractivity contribution in [3.8, 4) is 6.07 Å². The molecule has 4 bridgehead atoms. The second-order valence-electron chi connectivity index (χ2n) is 8.28. The Hall–Kier alpha value is -0.590. The van der Waals surface area contributed by atoms with Gasteiger partial charge in [0.2, 0.25) is 0 Å². The first-order valence-corrected chi connectivity index (χ1v) is 8.48. The monoisotopic (exact) mass is 273 g/mol. The summed E-state index contributed by atoms with van der Waals surface area (Å²) >= 11 is 0. The van der Waals surface area contributed by atoms with Crippen molar-refractivity contribution in [2.75, 3.05) is 33.2 Å². The van der Waals surface area contributed by atoms with E-state index in [2.05, 4.69) is 22.9 Å². The number of rotatable bonds is 2. The summed E-state index contributed by atoms with van der Waals surface area (Å²) in [4.78, 5) is 4.83. The van der Waals surface area contributed by atoms with Crippen molar-refractivity contribution in [3.05, 3.63) is 0 Å². The van der Waals surface area contributed by atoms with Crippen molar-refractivity contribution in [2.24, 2.45) is 23.2 Å². The van der Waals surface area contributed by atoms with Gasteiger partial charge in [-0.2, -0.15) is 5.26 Å². The van der Waals surface area contributed by atoms with Crippen molar-refractivity contribution in [1.82, 2.24) is 9.80 Å². The zero-order valence-electron chi connectivity index (χ0n) is 12.7. The Balaban J connectivity index is 1.45. The molecular weight excluding hydrogens is 246 g/mol. The second kappa shape index (κ2) is 4.71. The highest BCUT2D eigenvalue weighted by Crippen LogP contribution is 2.60. The molecule has 0 aromatic carbocycles. The number of hydrogen-bond donors (Lipinski definition) is 0. The summed E-state index contributed by atoms with van der Waals surface area (Å²) in [5, 5.41) is 9.29. The van der Waals surface area contributed by atoms with E-state index in [9.17, 15) is 5.26 Å². The summed E-state index contributed by atoms with van der Waals surface area (Å²) in [6.45, 7) is 4.47. The van der Waals surface area contributed by atoms with Crippen LogP contribution in [0.5, 0.6) is 0 Å². The molecule has 5 fully saturated rings. The van der Waals surface area contributed by atoms with Crippen LogP contribution in [0.25, 0.3) is 0 Å². The molecule has 3 heteroatoms. The number of hydrogen-bond acceptors (Lipinski definition) is 3. The number of nitrogens with zero attached hydrogens (tertiary/aromatic N) is 3. The first-order valence-electron chi connectivity index (χ1n) is 8.48. The molecular formula is C17H27N3. The van der Waals surface area contributed by atoms with E-state index in [0.29, 0.717) is 5.41 Å². The molecule has 0 amide bonds. The first kappa shape index (κ1) is 13.1. The van der Waals surface area contributed by atoms with E-state index in [0.717, 1.165) is 37.4 Å². The Morgan fingerprint density at radius 3 is 2.20 bits per heavy atom. The first-order chi connectivity index (χ1) is 9.66. The third-order valence-corrected chi connectivity index (χ3v) is 6.61. The SMILES string of the molecule is CN1CCN(CC23CC4CC(CC(C4)C2)C3)CC1C#N. The van der Waals surface area contributed by atoms with Crippen LogP contribution in [0, 0.1) is 34.5 Å². The Morgan fingerprint density at radius 1 is 1.05 bits per heavy atom. The van der Waals surface area contributed by atoms with Gasteiger partial charge in [-0.3, -0.25) is 9.80 Å². The maximum atomic E-state index is 9.29. The van der Waals surface area contributed by atoms with Crippen LogP contribution in [0.1, 0.15) is 38.5 Å². The van der Waals surface area contributed by atoms with Crippen molar-refractivity contribution < 1.29 is 0 Å². The summed E-state index contributed by atoms with van der Waals surface area (Å²) in [5.41, 5.74) is 0.630. The predicted octanol–water partition coefficient (Wildman–Crippen LogP) is 2.34. The lowest BCUT2D eigenvalue weighted by Crippen LogP contribution is -2.56. The molecule has 1 aliphatic heterocycles. The Kier molecular flexibility index (Phi) is 3.09. The molecule has 0 N–H and O–H groups in total. The molecule has 0 spiro atoms. The van der Waals surface area contributed by atoms with Gasteiger partial charge in [0.15, 0.2) is 0 Å². The fraction of sp³-hybridized carbons (Fsp3) is 0.941. The summed E-state index contributed by atoms with van der Waals surface area (Å²) in [7, 11) is 2.09. The van der Waals surface area contributed by atoms with Crippen LogP contribution in [0.2, 0.25) is 0 Å². The average molecular weight is 273 g/mol. The van der Waals surface area contributed by atoms with Crippen LogP contribution < -0.4 is 0 Å². The third kappa shape index (κ3) is 2.18. The second-order valence-corrected chi connectivity index (χ2v) is 8.28. The number of likely N-dealkylation sites (N-methyl/N-ethyl adjacent to an activating group) is 1. The van der Waals surface area contributed by atoms with Crippen LogP contribution in [0.3, 0.4) is 0 Å². The maximum Gasteiger partial charge on any atom is 0.110 e. The van der Waals surface area contributed by atoms with Crippen molar-refractivity contribution in [3.63, 3.8) is 0 Å². The highest BCUT2D eigenvalue weighted by molar-refractivity contribution is 5.04. The molecule has 4 aliphatic carbocycles. The molecule has 20 heavy (non-hydrogen) atoms. The van der Waals surface area contributed by atoms with E-state index in [1.54, 1.807) is 0 Å². The lowest BCUT2D eigenvalue weighted by molar-refractivity contribution is -0.0747. The molecule has 0 aromatic heterocycles. The van der Waals surface area contributed by atoms with Gasteiger partial charge in [-0.05, 0) is 68.7 Å². The van der Waals surface area contributed by atoms with E-state index < -0.39 is 0 Å². The van der Waals surface area contributed by atoms with Gasteiger partial charge >= 0.3 is 0 Å². The minimum absolute atomic E-state index is 0.109. The summed E-state index contributed by atoms with van der Waals surface area (Å²) in [6.07, 6.45) is 9.06. The fourth-order valence-corrected chi connectivity index (χ4v) is 6.17. The lowest BCUT2D eigenvalue weighted by atomic mass is 9.49. The molecule has 1 unspecified atom stereocenters. The highest BCUT2D eigenvalue weighted by Gasteiger charge is 2.51. The average Bonchev–Trinajstić information content (AvgIpc) is 2.39. The predicted molar refractivity (Wildman–Crippen MR) is 79.1 cm³/mol. The highest BCUT2D eigenvalue weighted by atomic mass is 15.3. The van der Waals surface area contributed by atoms with Crippen molar-refractivity contribution in [1.29, 1.82) is 5.26 Å². The van der Waals surface area contributed by atoms with Gasteiger partial charge < -0.3 is 0 Å². The van der Waals surface area contributed by atoms with Gasteiger partial charge in [0.1, 0.15) is 6.04 Å². The summed E-state index contributed by atoms with van der Waals surface area (Å²) in [5.74, 6) is 3.13. The van der Waals surface area contributed by atoms with Crippen LogP contribution in [0.4, 0.5) is 0 Å². The lowest BCUT2D eigenvalue weighted by Gasteiger charge is -2.58. The molecule has 0 aromatic rings. The van der Waals surface area contributed by atoms with Crippen LogP contribution in [-0.4, -0.2) is 49.1 Å². The van der Waals surface area contributed by atoms with Gasteiger partial charge in [0.05, 0.1) is 6.07 Å². The van der Waals surface area contributed by atoms with Gasteiger partial charge in [-0.25, -0.2) is 0 Å². The zero-order chi connectivity index (χ0) is 13.7. The minimum Gasteiger partial charge on any atom is -0.299 e. The fourth-order valence-electron chi connectivity index (χ4n) is 6.17. The number of nitriles is 1. The Morgan fingerprint density at radius 2 is 1.65 bits per heavy atom. The van der Waals surface area contributed by atoms with Crippen molar-refractivity contribution in [2.45, 2.75) is 44.6 Å². The maximum absolute atomic E-state index is 9.29. The van der Waals surface area contributed by atoms with Gasteiger partial charge in [0, 0.05) is 26.2 Å². The van der Waals surface area contributed by atoms with E-state index in [4.69, 9.17) is 0 Å². The van der Waals surface area contributed by atoms with Crippen molar-refractivity contribution >= 4 is 0 Å². The summed E-state index contributed by atoms with van der Waals surface area (Å²) < 4.78 is 0. The molecule has 0 radical (unpaired) electrons. The standard InChI is InChI=1S/C17H27N3/c1-19-2-3-20(11-16(19)10-18)12-17-7-13-4-14(8-17)6-15(5-13)9-17/h13-16H,2-9,11-12H2,1H3. The van der Waals surface area contributed by atoms with Crippen LogP contribution in [-0.2, 0) is 0 Å². The molecule has 4 saturated carbocycles. The molecule has 1 saturated heterocycles. The van der Waals surface area contributed by atoms with Crippen LogP contribution in [0.15, 0.2) is 0 Å². The van der Waals surface area contributed by atoms with Crippen LogP contribution >= 0.6 is 0 Å². The smallest absolute Gasteiger partial charge is 0.110 e. The van der Waals surface area contributed by atoms with E-state index in [-0.39, 0.29) is 6.04 Å². The van der Waals surface area contributed by atoms with E-state index in [1.165, 1.54) is 45.1 Å². The molecule has 1 atom stereocenters. The Bertz CT molecular complexity index is 389. The third-order valence-electron chi connectivity index (χ3n) is 6.61. The largest absolute Gasteiger partial charge is 0.299 e. The molecule has 3 nitrogen and oxygen atoms in total. The Labute approximate surface area is 122 Å². The molecule has 5 rings (SSSR count). The molecule has 5 aliphatic rings. The van der Waals surface area contributed by atoms with Gasteiger partial charge in [0.25, 0.3) is 0 Å². The quantitative estimate of drug-likeness (QED) is 0.773. The minimum atomic E-state index is 0.109. The number of piperazine rings is 1. The van der Waals surface area contributed by atoms with Gasteiger partial charge in [-0.15, -0.1) is 0 Å². The molecule has 1 heterocycles.